The summed E-state index contributed by atoms with van der Waals surface area (Å²) in [4.78, 5) is 1.03. The third kappa shape index (κ3) is 3.85. The van der Waals surface area contributed by atoms with Gasteiger partial charge in [-0.25, -0.2) is 4.39 Å². The van der Waals surface area contributed by atoms with Crippen molar-refractivity contribution in [1.29, 1.82) is 0 Å². The van der Waals surface area contributed by atoms with E-state index in [4.69, 9.17) is 17.0 Å². The molecule has 0 atom stereocenters. The predicted octanol–water partition coefficient (Wildman–Crippen LogP) is 4.02. The molecule has 0 saturated heterocycles. The first-order chi connectivity index (χ1) is 11.7. The molecule has 0 aromatic heterocycles. The van der Waals surface area contributed by atoms with Crippen LogP contribution < -0.4 is 15.5 Å². The minimum absolute atomic E-state index is 0.265. The fourth-order valence-electron chi connectivity index (χ4n) is 2.38. The Balaban J connectivity index is 1.72. The SMILES string of the molecule is COc1ccccc1NC(=S)NN=C1CCSc2ccc(F)cc21. The summed E-state index contributed by atoms with van der Waals surface area (Å²) in [5.74, 6) is 1.33. The van der Waals surface area contributed by atoms with Gasteiger partial charge in [0.25, 0.3) is 0 Å². The number of anilines is 1. The van der Waals surface area contributed by atoms with Crippen molar-refractivity contribution < 1.29 is 9.13 Å². The number of methoxy groups -OCH3 is 1. The molecule has 124 valence electrons. The highest BCUT2D eigenvalue weighted by Gasteiger charge is 2.17. The molecule has 1 heterocycles. The van der Waals surface area contributed by atoms with Gasteiger partial charge < -0.3 is 10.1 Å². The van der Waals surface area contributed by atoms with Crippen molar-refractivity contribution in [1.82, 2.24) is 5.43 Å². The molecule has 1 aliphatic heterocycles. The van der Waals surface area contributed by atoms with Gasteiger partial charge in [-0.05, 0) is 42.5 Å². The Morgan fingerprint density at radius 3 is 2.96 bits per heavy atom. The minimum Gasteiger partial charge on any atom is -0.495 e. The van der Waals surface area contributed by atoms with E-state index in [0.717, 1.165) is 34.0 Å². The molecule has 4 nitrogen and oxygen atoms in total. The van der Waals surface area contributed by atoms with Gasteiger partial charge in [0.15, 0.2) is 5.11 Å². The maximum Gasteiger partial charge on any atom is 0.191 e. The molecule has 0 fully saturated rings. The van der Waals surface area contributed by atoms with Crippen molar-refractivity contribution in [2.75, 3.05) is 18.2 Å². The largest absolute Gasteiger partial charge is 0.495 e. The van der Waals surface area contributed by atoms with Crippen LogP contribution in [0, 0.1) is 5.82 Å². The molecule has 0 spiro atoms. The number of hydrazone groups is 1. The average Bonchev–Trinajstić information content (AvgIpc) is 2.60. The zero-order valence-electron chi connectivity index (χ0n) is 13.0. The molecular weight excluding hydrogens is 345 g/mol. The topological polar surface area (TPSA) is 45.6 Å². The Kier molecular flexibility index (Phi) is 5.32. The second kappa shape index (κ2) is 7.63. The Morgan fingerprint density at radius 2 is 2.12 bits per heavy atom. The van der Waals surface area contributed by atoms with Crippen LogP contribution in [0.15, 0.2) is 52.5 Å². The molecule has 0 aliphatic carbocycles. The quantitative estimate of drug-likeness (QED) is 0.639. The first-order valence-corrected chi connectivity index (χ1v) is 8.76. The van der Waals surface area contributed by atoms with Gasteiger partial charge in [-0.3, -0.25) is 5.43 Å². The molecule has 2 N–H and O–H groups in total. The molecule has 2 aromatic carbocycles. The monoisotopic (exact) mass is 361 g/mol. The van der Waals surface area contributed by atoms with E-state index in [1.54, 1.807) is 24.9 Å². The van der Waals surface area contributed by atoms with Crippen molar-refractivity contribution in [3.05, 3.63) is 53.8 Å². The van der Waals surface area contributed by atoms with Crippen LogP contribution in [0.2, 0.25) is 0 Å². The van der Waals surface area contributed by atoms with Crippen LogP contribution in [0.4, 0.5) is 10.1 Å². The first kappa shape index (κ1) is 16.7. The van der Waals surface area contributed by atoms with Crippen LogP contribution >= 0.6 is 24.0 Å². The summed E-state index contributed by atoms with van der Waals surface area (Å²) in [6.07, 6.45) is 0.755. The standard InChI is InChI=1S/C17H16FN3OS2/c1-22-15-5-3-2-4-14(15)19-17(23)21-20-13-8-9-24-16-7-6-11(18)10-12(13)16/h2-7,10H,8-9H2,1H3,(H2,19,21,23). The summed E-state index contributed by atoms with van der Waals surface area (Å²) in [7, 11) is 1.60. The molecule has 2 aromatic rings. The van der Waals surface area contributed by atoms with Crippen molar-refractivity contribution in [3.63, 3.8) is 0 Å². The number of hydrogen-bond donors (Lipinski definition) is 2. The second-order valence-corrected chi connectivity index (χ2v) is 6.61. The number of ether oxygens (including phenoxy) is 1. The smallest absolute Gasteiger partial charge is 0.191 e. The van der Waals surface area contributed by atoms with E-state index in [2.05, 4.69) is 15.8 Å². The lowest BCUT2D eigenvalue weighted by Gasteiger charge is -2.18. The summed E-state index contributed by atoms with van der Waals surface area (Å²) in [5, 5.41) is 7.75. The van der Waals surface area contributed by atoms with E-state index in [-0.39, 0.29) is 5.82 Å². The third-order valence-corrected chi connectivity index (χ3v) is 4.77. The molecule has 0 radical (unpaired) electrons. The number of nitrogens with zero attached hydrogens (tertiary/aromatic N) is 1. The number of thioether (sulfide) groups is 1. The average molecular weight is 361 g/mol. The van der Waals surface area contributed by atoms with E-state index in [0.29, 0.717) is 10.9 Å². The van der Waals surface area contributed by atoms with E-state index in [1.165, 1.54) is 12.1 Å². The number of benzene rings is 2. The predicted molar refractivity (Wildman–Crippen MR) is 101 cm³/mol. The molecule has 0 saturated carbocycles. The van der Waals surface area contributed by atoms with E-state index in [1.807, 2.05) is 24.3 Å². The Morgan fingerprint density at radius 1 is 1.29 bits per heavy atom. The van der Waals surface area contributed by atoms with E-state index < -0.39 is 0 Å². The lowest BCUT2D eigenvalue weighted by Crippen LogP contribution is -2.26. The number of thiocarbonyl (C=S) groups is 1. The highest BCUT2D eigenvalue weighted by atomic mass is 32.2. The Labute approximate surface area is 149 Å². The van der Waals surface area contributed by atoms with Gasteiger partial charge in [0.1, 0.15) is 11.6 Å². The fourth-order valence-corrected chi connectivity index (χ4v) is 3.55. The molecule has 24 heavy (non-hydrogen) atoms. The third-order valence-electron chi connectivity index (χ3n) is 3.50. The number of rotatable bonds is 3. The van der Waals surface area contributed by atoms with Crippen molar-refractivity contribution >= 4 is 40.5 Å². The first-order valence-electron chi connectivity index (χ1n) is 7.36. The van der Waals surface area contributed by atoms with Crippen molar-refractivity contribution in [3.8, 4) is 5.75 Å². The lowest BCUT2D eigenvalue weighted by atomic mass is 10.1. The zero-order chi connectivity index (χ0) is 16.9. The van der Waals surface area contributed by atoms with Crippen molar-refractivity contribution in [2.45, 2.75) is 11.3 Å². The summed E-state index contributed by atoms with van der Waals surface area (Å²) in [6.45, 7) is 0. The lowest BCUT2D eigenvalue weighted by molar-refractivity contribution is 0.417. The maximum atomic E-state index is 13.5. The molecule has 1 aliphatic rings. The summed E-state index contributed by atoms with van der Waals surface area (Å²) in [5.41, 5.74) is 5.20. The molecule has 0 amide bonds. The van der Waals surface area contributed by atoms with Gasteiger partial charge in [0.05, 0.1) is 18.5 Å². The molecular formula is C17H16FN3OS2. The number of hydrogen-bond acceptors (Lipinski definition) is 4. The summed E-state index contributed by atoms with van der Waals surface area (Å²) < 4.78 is 18.8. The molecule has 0 bridgehead atoms. The second-order valence-electron chi connectivity index (χ2n) is 5.06. The van der Waals surface area contributed by atoms with Gasteiger partial charge in [-0.2, -0.15) is 5.10 Å². The molecule has 0 unspecified atom stereocenters. The van der Waals surface area contributed by atoms with Crippen LogP contribution in [-0.2, 0) is 0 Å². The molecule has 3 rings (SSSR count). The summed E-state index contributed by atoms with van der Waals surface area (Å²) >= 11 is 6.98. The van der Waals surface area contributed by atoms with Crippen LogP contribution in [-0.4, -0.2) is 23.7 Å². The number of nitrogens with one attached hydrogen (secondary N) is 2. The number of para-hydroxylation sites is 2. The van der Waals surface area contributed by atoms with Gasteiger partial charge >= 0.3 is 0 Å². The van der Waals surface area contributed by atoms with Crippen LogP contribution in [0.3, 0.4) is 0 Å². The normalized spacial score (nSPS) is 14.8. The zero-order valence-corrected chi connectivity index (χ0v) is 14.6. The number of halogens is 1. The van der Waals surface area contributed by atoms with Crippen molar-refractivity contribution in [2.24, 2.45) is 5.10 Å². The van der Waals surface area contributed by atoms with Crippen LogP contribution in [0.5, 0.6) is 5.75 Å². The van der Waals surface area contributed by atoms with Crippen LogP contribution in [0.1, 0.15) is 12.0 Å². The Bertz CT molecular complexity index is 795. The number of fused-ring (bicyclic) bond motifs is 1. The van der Waals surface area contributed by atoms with Gasteiger partial charge in [-0.1, -0.05) is 12.1 Å². The highest BCUT2D eigenvalue weighted by Crippen LogP contribution is 2.30. The molecule has 7 heteroatoms. The van der Waals surface area contributed by atoms with Gasteiger partial charge in [0, 0.05) is 22.6 Å². The van der Waals surface area contributed by atoms with E-state index in [9.17, 15) is 4.39 Å². The van der Waals surface area contributed by atoms with Gasteiger partial charge in [-0.15, -0.1) is 11.8 Å². The minimum atomic E-state index is -0.265. The fraction of sp³-hybridized carbons (Fsp3) is 0.176. The van der Waals surface area contributed by atoms with Crippen LogP contribution in [0.25, 0.3) is 0 Å². The summed E-state index contributed by atoms with van der Waals surface area (Å²) in [6, 6.07) is 12.2. The highest BCUT2D eigenvalue weighted by molar-refractivity contribution is 7.99. The van der Waals surface area contributed by atoms with Gasteiger partial charge in [0.2, 0.25) is 0 Å². The van der Waals surface area contributed by atoms with E-state index >= 15 is 0 Å². The Hall–Kier alpha value is -2.12. The maximum absolute atomic E-state index is 13.5.